The molecule has 2 unspecified atom stereocenters. The second-order valence-corrected chi connectivity index (χ2v) is 5.37. The van der Waals surface area contributed by atoms with E-state index in [1.165, 1.54) is 0 Å². The molecule has 1 aliphatic heterocycles. The Morgan fingerprint density at radius 2 is 2.33 bits per heavy atom. The van der Waals surface area contributed by atoms with Gasteiger partial charge >= 0.3 is 0 Å². The number of rotatable bonds is 3. The molecule has 1 fully saturated rings. The van der Waals surface area contributed by atoms with Crippen molar-refractivity contribution in [3.05, 3.63) is 34.9 Å². The number of carbonyl (C=O) groups is 1. The van der Waals surface area contributed by atoms with Crippen LogP contribution in [0.2, 0.25) is 0 Å². The molecule has 1 aromatic carbocycles. The molecule has 0 radical (unpaired) electrons. The third-order valence-electron chi connectivity index (χ3n) is 3.88. The smallest absolute Gasteiger partial charge is 0.251 e. The number of hydrogen-bond donors (Lipinski definition) is 2. The molecule has 1 heterocycles. The van der Waals surface area contributed by atoms with Crippen molar-refractivity contribution in [2.24, 2.45) is 11.7 Å². The third-order valence-corrected chi connectivity index (χ3v) is 3.88. The molecule has 0 aliphatic carbocycles. The van der Waals surface area contributed by atoms with Crippen LogP contribution < -0.4 is 11.1 Å². The molecule has 0 spiro atoms. The molecule has 1 saturated heterocycles. The summed E-state index contributed by atoms with van der Waals surface area (Å²) in [6.07, 6.45) is 1.22. The lowest BCUT2D eigenvalue weighted by Gasteiger charge is -2.15. The maximum atomic E-state index is 12.2. The molecule has 3 N–H and O–H groups in total. The summed E-state index contributed by atoms with van der Waals surface area (Å²) in [6.45, 7) is 5.77. The molecule has 4 heteroatoms. The van der Waals surface area contributed by atoms with Crippen molar-refractivity contribution in [1.82, 2.24) is 5.32 Å². The van der Waals surface area contributed by atoms with E-state index < -0.39 is 0 Å². The van der Waals surface area contributed by atoms with Gasteiger partial charge in [0.15, 0.2) is 0 Å². The van der Waals surface area contributed by atoms with Crippen LogP contribution in [0.5, 0.6) is 0 Å². The Labute approximate surface area is 126 Å². The van der Waals surface area contributed by atoms with Crippen LogP contribution in [0.3, 0.4) is 0 Å². The molecule has 0 aromatic heterocycles. The highest BCUT2D eigenvalue weighted by Crippen LogP contribution is 2.19. The van der Waals surface area contributed by atoms with Gasteiger partial charge in [-0.2, -0.15) is 0 Å². The van der Waals surface area contributed by atoms with E-state index in [1.54, 1.807) is 0 Å². The van der Waals surface area contributed by atoms with Crippen molar-refractivity contribution in [3.8, 4) is 11.8 Å². The Bertz CT molecular complexity index is 572. The summed E-state index contributed by atoms with van der Waals surface area (Å²) >= 11 is 0. The zero-order valence-electron chi connectivity index (χ0n) is 12.6. The van der Waals surface area contributed by atoms with Crippen molar-refractivity contribution in [1.29, 1.82) is 0 Å². The van der Waals surface area contributed by atoms with Crippen LogP contribution in [0.1, 0.15) is 34.8 Å². The molecule has 2 rings (SSSR count). The summed E-state index contributed by atoms with van der Waals surface area (Å²) in [7, 11) is 0. The molecule has 0 bridgehead atoms. The SMILES string of the molecule is Cc1ccc(C(=O)NCC2CCOC2C)cc1C#CCN. The van der Waals surface area contributed by atoms with E-state index in [2.05, 4.69) is 24.1 Å². The molecule has 112 valence electrons. The summed E-state index contributed by atoms with van der Waals surface area (Å²) in [4.78, 5) is 12.2. The van der Waals surface area contributed by atoms with E-state index in [9.17, 15) is 4.79 Å². The van der Waals surface area contributed by atoms with Gasteiger partial charge in [-0.05, 0) is 38.0 Å². The van der Waals surface area contributed by atoms with E-state index in [0.29, 0.717) is 24.6 Å². The zero-order chi connectivity index (χ0) is 15.2. The highest BCUT2D eigenvalue weighted by atomic mass is 16.5. The molecule has 2 atom stereocenters. The van der Waals surface area contributed by atoms with Gasteiger partial charge in [-0.1, -0.05) is 17.9 Å². The lowest BCUT2D eigenvalue weighted by atomic mass is 10.0. The van der Waals surface area contributed by atoms with E-state index in [1.807, 2.05) is 25.1 Å². The van der Waals surface area contributed by atoms with E-state index in [0.717, 1.165) is 24.2 Å². The van der Waals surface area contributed by atoms with Gasteiger partial charge in [0.2, 0.25) is 0 Å². The van der Waals surface area contributed by atoms with Gasteiger partial charge in [-0.25, -0.2) is 0 Å². The van der Waals surface area contributed by atoms with Gasteiger partial charge in [0.25, 0.3) is 5.91 Å². The maximum Gasteiger partial charge on any atom is 0.251 e. The largest absolute Gasteiger partial charge is 0.378 e. The summed E-state index contributed by atoms with van der Waals surface area (Å²) in [5.41, 5.74) is 7.92. The number of benzene rings is 1. The summed E-state index contributed by atoms with van der Waals surface area (Å²) < 4.78 is 5.50. The Morgan fingerprint density at radius 1 is 1.52 bits per heavy atom. The van der Waals surface area contributed by atoms with Gasteiger partial charge in [-0.15, -0.1) is 0 Å². The Hall–Kier alpha value is -1.83. The van der Waals surface area contributed by atoms with E-state index in [4.69, 9.17) is 10.5 Å². The van der Waals surface area contributed by atoms with E-state index >= 15 is 0 Å². The minimum Gasteiger partial charge on any atom is -0.378 e. The molecule has 21 heavy (non-hydrogen) atoms. The molecule has 1 amide bonds. The Kier molecular flexibility index (Phi) is 5.38. The van der Waals surface area contributed by atoms with Crippen molar-refractivity contribution in [3.63, 3.8) is 0 Å². The average Bonchev–Trinajstić information content (AvgIpc) is 2.89. The summed E-state index contributed by atoms with van der Waals surface area (Å²) in [6, 6.07) is 5.56. The normalized spacial score (nSPS) is 20.7. The number of amides is 1. The van der Waals surface area contributed by atoms with Crippen LogP contribution in [0.15, 0.2) is 18.2 Å². The van der Waals surface area contributed by atoms with Crippen LogP contribution in [0, 0.1) is 24.7 Å². The lowest BCUT2D eigenvalue weighted by molar-refractivity contribution is 0.0907. The summed E-state index contributed by atoms with van der Waals surface area (Å²) in [5.74, 6) is 6.15. The second kappa shape index (κ2) is 7.26. The zero-order valence-corrected chi connectivity index (χ0v) is 12.6. The first-order valence-electron chi connectivity index (χ1n) is 7.31. The van der Waals surface area contributed by atoms with Gasteiger partial charge in [0.05, 0.1) is 12.6 Å². The lowest BCUT2D eigenvalue weighted by Crippen LogP contribution is -2.32. The first-order valence-corrected chi connectivity index (χ1v) is 7.31. The van der Waals surface area contributed by atoms with Crippen molar-refractivity contribution < 1.29 is 9.53 Å². The van der Waals surface area contributed by atoms with Crippen LogP contribution in [-0.4, -0.2) is 31.7 Å². The average molecular weight is 286 g/mol. The standard InChI is InChI=1S/C17H22N2O2/c1-12-5-6-15(10-14(12)4-3-8-18)17(20)19-11-16-7-9-21-13(16)2/h5-6,10,13,16H,7-9,11,18H2,1-2H3,(H,19,20). The van der Waals surface area contributed by atoms with Crippen molar-refractivity contribution in [2.75, 3.05) is 19.7 Å². The van der Waals surface area contributed by atoms with Crippen LogP contribution in [0.25, 0.3) is 0 Å². The monoisotopic (exact) mass is 286 g/mol. The fourth-order valence-electron chi connectivity index (χ4n) is 2.41. The Morgan fingerprint density at radius 3 is 3.00 bits per heavy atom. The quantitative estimate of drug-likeness (QED) is 0.827. The molecule has 1 aromatic rings. The minimum absolute atomic E-state index is 0.0649. The third kappa shape index (κ3) is 4.07. The van der Waals surface area contributed by atoms with Crippen LogP contribution in [-0.2, 0) is 4.74 Å². The van der Waals surface area contributed by atoms with Crippen LogP contribution >= 0.6 is 0 Å². The number of ether oxygens (including phenoxy) is 1. The van der Waals surface area contributed by atoms with E-state index in [-0.39, 0.29) is 12.0 Å². The first kappa shape index (κ1) is 15.6. The number of carbonyl (C=O) groups excluding carboxylic acids is 1. The predicted octanol–water partition coefficient (Wildman–Crippen LogP) is 1.46. The van der Waals surface area contributed by atoms with Gasteiger partial charge in [0, 0.05) is 30.2 Å². The van der Waals surface area contributed by atoms with Crippen LogP contribution in [0.4, 0.5) is 0 Å². The van der Waals surface area contributed by atoms with Gasteiger partial charge in [-0.3, -0.25) is 4.79 Å². The number of nitrogens with two attached hydrogens (primary N) is 1. The Balaban J connectivity index is 2.02. The molecule has 0 saturated carbocycles. The molecular formula is C17H22N2O2. The van der Waals surface area contributed by atoms with Gasteiger partial charge in [0.1, 0.15) is 0 Å². The molecule has 4 nitrogen and oxygen atoms in total. The first-order chi connectivity index (χ1) is 10.1. The second-order valence-electron chi connectivity index (χ2n) is 5.37. The molecular weight excluding hydrogens is 264 g/mol. The maximum absolute atomic E-state index is 12.2. The number of hydrogen-bond acceptors (Lipinski definition) is 3. The fourth-order valence-corrected chi connectivity index (χ4v) is 2.41. The highest BCUT2D eigenvalue weighted by Gasteiger charge is 2.24. The number of aryl methyl sites for hydroxylation is 1. The molecule has 1 aliphatic rings. The predicted molar refractivity (Wildman–Crippen MR) is 83.0 cm³/mol. The van der Waals surface area contributed by atoms with Crippen molar-refractivity contribution in [2.45, 2.75) is 26.4 Å². The fraction of sp³-hybridized carbons (Fsp3) is 0.471. The highest BCUT2D eigenvalue weighted by molar-refractivity contribution is 5.94. The minimum atomic E-state index is -0.0649. The number of nitrogens with one attached hydrogen (secondary N) is 1. The van der Waals surface area contributed by atoms with Gasteiger partial charge < -0.3 is 15.8 Å². The van der Waals surface area contributed by atoms with Crippen molar-refractivity contribution >= 4 is 5.91 Å². The summed E-state index contributed by atoms with van der Waals surface area (Å²) in [5, 5.41) is 2.98. The topological polar surface area (TPSA) is 64.3 Å².